The van der Waals surface area contributed by atoms with Gasteiger partial charge in [-0.2, -0.15) is 0 Å². The Balaban J connectivity index is 1.42. The van der Waals surface area contributed by atoms with Gasteiger partial charge in [-0.25, -0.2) is 4.99 Å². The van der Waals surface area contributed by atoms with Crippen LogP contribution in [0, 0.1) is 0 Å². The second-order valence-corrected chi connectivity index (χ2v) is 10.4. The molecule has 184 valence electrons. The third-order valence-electron chi connectivity index (χ3n) is 5.42. The maximum absolute atomic E-state index is 13.5. The molecule has 4 aromatic carbocycles. The molecule has 5 rings (SSSR count). The van der Waals surface area contributed by atoms with E-state index in [4.69, 9.17) is 44.5 Å². The monoisotopic (exact) mass is 564 g/mol. The number of anilines is 1. The predicted octanol–water partition coefficient (Wildman–Crippen LogP) is 9.03. The summed E-state index contributed by atoms with van der Waals surface area (Å²) in [5.41, 5.74) is 3.22. The van der Waals surface area contributed by atoms with E-state index in [-0.39, 0.29) is 5.91 Å². The molecular weight excluding hydrogens is 547 g/mol. The van der Waals surface area contributed by atoms with Gasteiger partial charge in [-0.3, -0.25) is 9.69 Å². The summed E-state index contributed by atoms with van der Waals surface area (Å²) in [4.78, 5) is 20.4. The van der Waals surface area contributed by atoms with Crippen LogP contribution in [0.2, 0.25) is 15.1 Å². The second kappa shape index (κ2) is 11.4. The first-order valence-corrected chi connectivity index (χ1v) is 13.2. The Bertz CT molecular complexity index is 1490. The number of thioether (sulfide) groups is 1. The van der Waals surface area contributed by atoms with Crippen LogP contribution in [0.5, 0.6) is 5.75 Å². The molecule has 1 aliphatic rings. The number of amidine groups is 1. The first kappa shape index (κ1) is 25.4. The average molecular weight is 566 g/mol. The van der Waals surface area contributed by atoms with E-state index in [0.29, 0.717) is 48.9 Å². The number of benzene rings is 4. The van der Waals surface area contributed by atoms with E-state index in [9.17, 15) is 4.79 Å². The molecule has 0 unspecified atom stereocenters. The van der Waals surface area contributed by atoms with Crippen LogP contribution in [-0.4, -0.2) is 11.1 Å². The molecule has 0 aliphatic carbocycles. The summed E-state index contributed by atoms with van der Waals surface area (Å²) in [6.45, 7) is 0.410. The highest BCUT2D eigenvalue weighted by Gasteiger charge is 2.34. The molecule has 0 saturated carbocycles. The van der Waals surface area contributed by atoms with E-state index in [2.05, 4.69) is 0 Å². The smallest absolute Gasteiger partial charge is 0.271 e. The highest BCUT2D eigenvalue weighted by molar-refractivity contribution is 8.19. The molecule has 1 saturated heterocycles. The van der Waals surface area contributed by atoms with Gasteiger partial charge in [0.2, 0.25) is 0 Å². The van der Waals surface area contributed by atoms with Crippen LogP contribution in [0.4, 0.5) is 11.4 Å². The molecule has 0 bridgehead atoms. The molecule has 0 N–H and O–H groups in total. The van der Waals surface area contributed by atoms with Gasteiger partial charge in [-0.15, -0.1) is 0 Å². The number of rotatable bonds is 6. The van der Waals surface area contributed by atoms with Crippen LogP contribution in [0.15, 0.2) is 107 Å². The van der Waals surface area contributed by atoms with Gasteiger partial charge in [-0.05, 0) is 102 Å². The number of amides is 1. The van der Waals surface area contributed by atoms with E-state index >= 15 is 0 Å². The van der Waals surface area contributed by atoms with Gasteiger partial charge < -0.3 is 4.74 Å². The third-order valence-corrected chi connectivity index (χ3v) is 7.14. The largest absolute Gasteiger partial charge is 0.489 e. The first-order valence-electron chi connectivity index (χ1n) is 11.3. The Labute approximate surface area is 234 Å². The standard InChI is InChI=1S/C29H19Cl3N2O2S/c30-21-6-4-19(5-7-21)18-36-26-3-1-2-20(16-26)17-27-28(35)34(25-14-10-23(32)11-15-25)29(37-27)33-24-12-8-22(31)9-13-24/h1-17H,18H2/b27-17-,33-29?. The number of aliphatic imine (C=N–C) groups is 1. The van der Waals surface area contributed by atoms with Crippen LogP contribution < -0.4 is 9.64 Å². The lowest BCUT2D eigenvalue weighted by molar-refractivity contribution is -0.113. The number of hydrogen-bond donors (Lipinski definition) is 0. The van der Waals surface area contributed by atoms with Gasteiger partial charge in [0.1, 0.15) is 12.4 Å². The Morgan fingerprint density at radius 2 is 1.43 bits per heavy atom. The molecule has 1 fully saturated rings. The van der Waals surface area contributed by atoms with Gasteiger partial charge in [0, 0.05) is 15.1 Å². The first-order chi connectivity index (χ1) is 17.9. The molecule has 37 heavy (non-hydrogen) atoms. The molecule has 1 heterocycles. The Kier molecular flexibility index (Phi) is 7.87. The third kappa shape index (κ3) is 6.38. The molecule has 4 nitrogen and oxygen atoms in total. The quantitative estimate of drug-likeness (QED) is 0.219. The van der Waals surface area contributed by atoms with E-state index in [1.807, 2.05) is 66.7 Å². The van der Waals surface area contributed by atoms with Crippen molar-refractivity contribution in [1.82, 2.24) is 0 Å². The number of ether oxygens (including phenoxy) is 1. The normalized spacial score (nSPS) is 15.5. The van der Waals surface area contributed by atoms with Crippen molar-refractivity contribution in [3.63, 3.8) is 0 Å². The van der Waals surface area contributed by atoms with Gasteiger partial charge in [0.15, 0.2) is 5.17 Å². The Morgan fingerprint density at radius 3 is 2.11 bits per heavy atom. The number of carbonyl (C=O) groups excluding carboxylic acids is 1. The molecule has 0 spiro atoms. The summed E-state index contributed by atoms with van der Waals surface area (Å²) in [6.07, 6.45) is 1.84. The highest BCUT2D eigenvalue weighted by Crippen LogP contribution is 2.38. The van der Waals surface area contributed by atoms with Crippen LogP contribution in [0.3, 0.4) is 0 Å². The van der Waals surface area contributed by atoms with Crippen LogP contribution in [0.25, 0.3) is 6.08 Å². The summed E-state index contributed by atoms with van der Waals surface area (Å²) >= 11 is 19.4. The molecule has 8 heteroatoms. The lowest BCUT2D eigenvalue weighted by Crippen LogP contribution is -2.28. The summed E-state index contributed by atoms with van der Waals surface area (Å²) < 4.78 is 5.95. The number of carbonyl (C=O) groups is 1. The summed E-state index contributed by atoms with van der Waals surface area (Å²) in [7, 11) is 0. The topological polar surface area (TPSA) is 41.9 Å². The zero-order valence-corrected chi connectivity index (χ0v) is 22.4. The summed E-state index contributed by atoms with van der Waals surface area (Å²) in [6, 6.07) is 29.4. The Morgan fingerprint density at radius 1 is 0.811 bits per heavy atom. The molecule has 0 atom stereocenters. The Hall–Kier alpha value is -3.22. The molecule has 4 aromatic rings. The fourth-order valence-corrected chi connectivity index (χ4v) is 4.96. The fourth-order valence-electron chi connectivity index (χ4n) is 3.59. The van der Waals surface area contributed by atoms with Crippen molar-refractivity contribution >= 4 is 75.1 Å². The van der Waals surface area contributed by atoms with Crippen molar-refractivity contribution in [2.24, 2.45) is 4.99 Å². The van der Waals surface area contributed by atoms with E-state index in [1.54, 1.807) is 41.3 Å². The minimum atomic E-state index is -0.174. The van der Waals surface area contributed by atoms with E-state index in [0.717, 1.165) is 11.1 Å². The minimum Gasteiger partial charge on any atom is -0.489 e. The maximum Gasteiger partial charge on any atom is 0.271 e. The molecule has 0 aromatic heterocycles. The van der Waals surface area contributed by atoms with Gasteiger partial charge in [0.05, 0.1) is 16.3 Å². The summed E-state index contributed by atoms with van der Waals surface area (Å²) in [5.74, 6) is 0.525. The molecule has 1 amide bonds. The molecule has 1 aliphatic heterocycles. The van der Waals surface area contributed by atoms with Crippen molar-refractivity contribution in [1.29, 1.82) is 0 Å². The van der Waals surface area contributed by atoms with Gasteiger partial charge in [-0.1, -0.05) is 59.1 Å². The maximum atomic E-state index is 13.5. The number of hydrogen-bond acceptors (Lipinski definition) is 4. The predicted molar refractivity (Wildman–Crippen MR) is 155 cm³/mol. The van der Waals surface area contributed by atoms with Crippen molar-refractivity contribution in [2.45, 2.75) is 6.61 Å². The van der Waals surface area contributed by atoms with E-state index in [1.165, 1.54) is 11.8 Å². The second-order valence-electron chi connectivity index (χ2n) is 8.09. The SMILES string of the molecule is O=C1/C(=C/c2cccc(OCc3ccc(Cl)cc3)c2)SC(=Nc2ccc(Cl)cc2)N1c1ccc(Cl)cc1. The fraction of sp³-hybridized carbons (Fsp3) is 0.0345. The number of halogens is 3. The van der Waals surface area contributed by atoms with Gasteiger partial charge in [0.25, 0.3) is 5.91 Å². The van der Waals surface area contributed by atoms with Crippen molar-refractivity contribution < 1.29 is 9.53 Å². The molecule has 0 radical (unpaired) electrons. The summed E-state index contributed by atoms with van der Waals surface area (Å²) in [5, 5.41) is 2.43. The molecular formula is C29H19Cl3N2O2S. The lowest BCUT2D eigenvalue weighted by Gasteiger charge is -2.15. The average Bonchev–Trinajstić information content (AvgIpc) is 3.20. The van der Waals surface area contributed by atoms with Crippen LogP contribution >= 0.6 is 46.6 Å². The van der Waals surface area contributed by atoms with Crippen LogP contribution in [0.1, 0.15) is 11.1 Å². The zero-order chi connectivity index (χ0) is 25.8. The van der Waals surface area contributed by atoms with E-state index < -0.39 is 0 Å². The van der Waals surface area contributed by atoms with Crippen molar-refractivity contribution in [3.8, 4) is 5.75 Å². The minimum absolute atomic E-state index is 0.174. The highest BCUT2D eigenvalue weighted by atomic mass is 35.5. The number of nitrogens with zero attached hydrogens (tertiary/aromatic N) is 2. The van der Waals surface area contributed by atoms with Crippen molar-refractivity contribution in [3.05, 3.63) is 128 Å². The zero-order valence-electron chi connectivity index (χ0n) is 19.3. The van der Waals surface area contributed by atoms with Crippen molar-refractivity contribution in [2.75, 3.05) is 4.90 Å². The van der Waals surface area contributed by atoms with Crippen LogP contribution in [-0.2, 0) is 11.4 Å². The van der Waals surface area contributed by atoms with Gasteiger partial charge >= 0.3 is 0 Å². The lowest BCUT2D eigenvalue weighted by atomic mass is 10.2.